The summed E-state index contributed by atoms with van der Waals surface area (Å²) in [5, 5.41) is 8.85. The van der Waals surface area contributed by atoms with Gasteiger partial charge in [0.1, 0.15) is 0 Å². The number of benzene rings is 1. The SMILES string of the molecule is Cc1ccc(-c2ccc(CCO)cn2)cc1C. The minimum atomic E-state index is 0.171. The van der Waals surface area contributed by atoms with Crippen LogP contribution in [0.2, 0.25) is 0 Å². The van der Waals surface area contributed by atoms with Gasteiger partial charge in [0.05, 0.1) is 5.69 Å². The third-order valence-electron chi connectivity index (χ3n) is 3.03. The average Bonchev–Trinajstić information content (AvgIpc) is 2.34. The zero-order valence-corrected chi connectivity index (χ0v) is 10.3. The summed E-state index contributed by atoms with van der Waals surface area (Å²) in [6.45, 7) is 4.39. The van der Waals surface area contributed by atoms with Gasteiger partial charge in [-0.2, -0.15) is 0 Å². The van der Waals surface area contributed by atoms with Gasteiger partial charge in [-0.25, -0.2) is 0 Å². The van der Waals surface area contributed by atoms with E-state index in [4.69, 9.17) is 5.11 Å². The van der Waals surface area contributed by atoms with Crippen molar-refractivity contribution < 1.29 is 5.11 Å². The molecule has 2 rings (SSSR count). The number of nitrogens with zero attached hydrogens (tertiary/aromatic N) is 1. The molecule has 0 radical (unpaired) electrons. The Morgan fingerprint density at radius 3 is 2.47 bits per heavy atom. The highest BCUT2D eigenvalue weighted by molar-refractivity contribution is 5.60. The lowest BCUT2D eigenvalue weighted by atomic mass is 10.0. The number of hydrogen-bond acceptors (Lipinski definition) is 2. The molecule has 0 atom stereocenters. The third kappa shape index (κ3) is 2.71. The molecule has 0 aliphatic carbocycles. The minimum absolute atomic E-state index is 0.171. The van der Waals surface area contributed by atoms with Crippen LogP contribution in [0, 0.1) is 13.8 Å². The number of hydrogen-bond donors (Lipinski definition) is 1. The molecule has 0 bridgehead atoms. The van der Waals surface area contributed by atoms with Gasteiger partial charge in [0.15, 0.2) is 0 Å². The fraction of sp³-hybridized carbons (Fsp3) is 0.267. The molecule has 0 aliphatic heterocycles. The van der Waals surface area contributed by atoms with Crippen molar-refractivity contribution in [2.45, 2.75) is 20.3 Å². The molecule has 2 nitrogen and oxygen atoms in total. The fourth-order valence-electron chi connectivity index (χ4n) is 1.77. The number of pyridine rings is 1. The summed E-state index contributed by atoms with van der Waals surface area (Å²) in [5.41, 5.74) is 5.77. The first-order valence-corrected chi connectivity index (χ1v) is 5.84. The molecule has 1 aromatic carbocycles. The summed E-state index contributed by atoms with van der Waals surface area (Å²) in [6.07, 6.45) is 2.50. The van der Waals surface area contributed by atoms with E-state index in [0.29, 0.717) is 6.42 Å². The number of aliphatic hydroxyl groups excluding tert-OH is 1. The van der Waals surface area contributed by atoms with Gasteiger partial charge in [-0.1, -0.05) is 18.2 Å². The summed E-state index contributed by atoms with van der Waals surface area (Å²) >= 11 is 0. The van der Waals surface area contributed by atoms with E-state index in [1.807, 2.05) is 18.3 Å². The van der Waals surface area contributed by atoms with Crippen LogP contribution in [0.25, 0.3) is 11.3 Å². The predicted octanol–water partition coefficient (Wildman–Crippen LogP) is 2.90. The Morgan fingerprint density at radius 2 is 1.88 bits per heavy atom. The van der Waals surface area contributed by atoms with Gasteiger partial charge in [-0.15, -0.1) is 0 Å². The molecule has 17 heavy (non-hydrogen) atoms. The zero-order valence-electron chi connectivity index (χ0n) is 10.3. The minimum Gasteiger partial charge on any atom is -0.396 e. The van der Waals surface area contributed by atoms with Crippen molar-refractivity contribution in [1.82, 2.24) is 4.98 Å². The molecule has 0 aliphatic rings. The zero-order chi connectivity index (χ0) is 12.3. The highest BCUT2D eigenvalue weighted by Crippen LogP contribution is 2.20. The predicted molar refractivity (Wildman–Crippen MR) is 69.9 cm³/mol. The maximum atomic E-state index is 8.85. The van der Waals surface area contributed by atoms with E-state index in [1.54, 1.807) is 0 Å². The molecule has 88 valence electrons. The molecule has 0 spiro atoms. The first-order chi connectivity index (χ1) is 8.20. The lowest BCUT2D eigenvalue weighted by molar-refractivity contribution is 0.299. The largest absolute Gasteiger partial charge is 0.396 e. The average molecular weight is 227 g/mol. The Balaban J connectivity index is 2.30. The van der Waals surface area contributed by atoms with Crippen LogP contribution in [0.1, 0.15) is 16.7 Å². The second kappa shape index (κ2) is 5.11. The van der Waals surface area contributed by atoms with Gasteiger partial charge in [0.2, 0.25) is 0 Å². The molecule has 2 aromatic rings. The maximum Gasteiger partial charge on any atom is 0.0702 e. The quantitative estimate of drug-likeness (QED) is 0.874. The topological polar surface area (TPSA) is 33.1 Å². The molecular weight excluding hydrogens is 210 g/mol. The van der Waals surface area contributed by atoms with E-state index in [-0.39, 0.29) is 6.61 Å². The first kappa shape index (κ1) is 11.8. The van der Waals surface area contributed by atoms with Gasteiger partial charge in [0.25, 0.3) is 0 Å². The maximum absolute atomic E-state index is 8.85. The summed E-state index contributed by atoms with van der Waals surface area (Å²) < 4.78 is 0. The van der Waals surface area contributed by atoms with Crippen LogP contribution in [0.3, 0.4) is 0 Å². The number of rotatable bonds is 3. The fourth-order valence-corrected chi connectivity index (χ4v) is 1.77. The number of aryl methyl sites for hydroxylation is 2. The van der Waals surface area contributed by atoms with Crippen LogP contribution in [-0.4, -0.2) is 16.7 Å². The van der Waals surface area contributed by atoms with E-state index in [1.165, 1.54) is 11.1 Å². The molecule has 1 aromatic heterocycles. The van der Waals surface area contributed by atoms with Gasteiger partial charge in [0, 0.05) is 18.4 Å². The normalized spacial score (nSPS) is 10.5. The number of aromatic nitrogens is 1. The van der Waals surface area contributed by atoms with E-state index < -0.39 is 0 Å². The molecule has 0 saturated heterocycles. The lowest BCUT2D eigenvalue weighted by Crippen LogP contribution is -1.92. The first-order valence-electron chi connectivity index (χ1n) is 5.84. The molecule has 1 N–H and O–H groups in total. The van der Waals surface area contributed by atoms with Crippen molar-refractivity contribution in [2.75, 3.05) is 6.61 Å². The van der Waals surface area contributed by atoms with Crippen molar-refractivity contribution in [1.29, 1.82) is 0 Å². The summed E-state index contributed by atoms with van der Waals surface area (Å²) in [6, 6.07) is 10.4. The second-order valence-electron chi connectivity index (χ2n) is 4.32. The Hall–Kier alpha value is -1.67. The molecule has 0 saturated carbocycles. The molecule has 0 fully saturated rings. The van der Waals surface area contributed by atoms with Gasteiger partial charge in [-0.3, -0.25) is 4.98 Å². The molecule has 0 amide bonds. The van der Waals surface area contributed by atoms with Crippen LogP contribution in [-0.2, 0) is 6.42 Å². The van der Waals surface area contributed by atoms with E-state index >= 15 is 0 Å². The Labute approximate surface area is 102 Å². The van der Waals surface area contributed by atoms with Crippen LogP contribution in [0.4, 0.5) is 0 Å². The monoisotopic (exact) mass is 227 g/mol. The van der Waals surface area contributed by atoms with Crippen molar-refractivity contribution in [3.05, 3.63) is 53.2 Å². The standard InChI is InChI=1S/C15H17NO/c1-11-3-5-14(9-12(11)2)15-6-4-13(7-8-17)10-16-15/h3-6,9-10,17H,7-8H2,1-2H3. The molecule has 2 heteroatoms. The second-order valence-corrected chi connectivity index (χ2v) is 4.32. The molecule has 1 heterocycles. The Morgan fingerprint density at radius 1 is 1.06 bits per heavy atom. The lowest BCUT2D eigenvalue weighted by Gasteiger charge is -2.05. The van der Waals surface area contributed by atoms with Crippen LogP contribution in [0.15, 0.2) is 36.5 Å². The third-order valence-corrected chi connectivity index (χ3v) is 3.03. The number of aliphatic hydroxyl groups is 1. The Kier molecular flexibility index (Phi) is 3.55. The van der Waals surface area contributed by atoms with Crippen molar-refractivity contribution in [3.63, 3.8) is 0 Å². The molecular formula is C15H17NO. The molecule has 0 unspecified atom stereocenters. The Bertz CT molecular complexity index is 503. The summed E-state index contributed by atoms with van der Waals surface area (Å²) in [4.78, 5) is 4.43. The van der Waals surface area contributed by atoms with E-state index in [9.17, 15) is 0 Å². The highest BCUT2D eigenvalue weighted by Gasteiger charge is 2.01. The van der Waals surface area contributed by atoms with Crippen LogP contribution in [0.5, 0.6) is 0 Å². The van der Waals surface area contributed by atoms with Gasteiger partial charge < -0.3 is 5.11 Å². The van der Waals surface area contributed by atoms with E-state index in [0.717, 1.165) is 16.8 Å². The summed E-state index contributed by atoms with van der Waals surface area (Å²) in [5.74, 6) is 0. The van der Waals surface area contributed by atoms with Crippen LogP contribution < -0.4 is 0 Å². The van der Waals surface area contributed by atoms with Crippen molar-refractivity contribution in [2.24, 2.45) is 0 Å². The highest BCUT2D eigenvalue weighted by atomic mass is 16.2. The van der Waals surface area contributed by atoms with Crippen molar-refractivity contribution >= 4 is 0 Å². The smallest absolute Gasteiger partial charge is 0.0702 e. The van der Waals surface area contributed by atoms with Crippen molar-refractivity contribution in [3.8, 4) is 11.3 Å². The van der Waals surface area contributed by atoms with Gasteiger partial charge >= 0.3 is 0 Å². The van der Waals surface area contributed by atoms with Gasteiger partial charge in [-0.05, 0) is 49.1 Å². The summed E-state index contributed by atoms with van der Waals surface area (Å²) in [7, 11) is 0. The van der Waals surface area contributed by atoms with Crippen LogP contribution >= 0.6 is 0 Å². The van der Waals surface area contributed by atoms with E-state index in [2.05, 4.69) is 37.0 Å².